The molecule has 1 fully saturated rings. The molecule has 1 aliphatic rings. The van der Waals surface area contributed by atoms with Gasteiger partial charge in [-0.2, -0.15) is 5.10 Å². The first-order valence-corrected chi connectivity index (χ1v) is 7.91. The molecule has 1 atom stereocenters. The minimum Gasteiger partial charge on any atom is -0.315 e. The van der Waals surface area contributed by atoms with Crippen molar-refractivity contribution < 1.29 is 0 Å². The van der Waals surface area contributed by atoms with Crippen molar-refractivity contribution in [1.29, 1.82) is 0 Å². The molecule has 4 nitrogen and oxygen atoms in total. The zero-order valence-electron chi connectivity index (χ0n) is 13.7. The maximum absolute atomic E-state index is 4.70. The summed E-state index contributed by atoms with van der Waals surface area (Å²) >= 11 is 0. The Balaban J connectivity index is 2.07. The summed E-state index contributed by atoms with van der Waals surface area (Å²) in [4.78, 5) is 2.62. The molecular weight excluding hydrogens is 248 g/mol. The van der Waals surface area contributed by atoms with Gasteiger partial charge in [0.15, 0.2) is 0 Å². The summed E-state index contributed by atoms with van der Waals surface area (Å²) in [7, 11) is 2.07. The topological polar surface area (TPSA) is 33.1 Å². The van der Waals surface area contributed by atoms with E-state index in [1.807, 2.05) is 4.68 Å². The van der Waals surface area contributed by atoms with Crippen LogP contribution < -0.4 is 5.32 Å². The maximum Gasteiger partial charge on any atom is 0.0640 e. The normalized spacial score (nSPS) is 18.9. The lowest BCUT2D eigenvalue weighted by atomic mass is 9.89. The van der Waals surface area contributed by atoms with E-state index in [2.05, 4.69) is 57.2 Å². The van der Waals surface area contributed by atoms with Crippen molar-refractivity contribution in [3.63, 3.8) is 0 Å². The summed E-state index contributed by atoms with van der Waals surface area (Å²) in [5, 5.41) is 8.21. The van der Waals surface area contributed by atoms with E-state index in [0.29, 0.717) is 12.1 Å². The van der Waals surface area contributed by atoms with Gasteiger partial charge < -0.3 is 5.32 Å². The van der Waals surface area contributed by atoms with Gasteiger partial charge in [-0.1, -0.05) is 0 Å². The molecule has 1 N–H and O–H groups in total. The Labute approximate surface area is 123 Å². The van der Waals surface area contributed by atoms with E-state index in [9.17, 15) is 0 Å². The molecule has 0 aromatic carbocycles. The molecule has 20 heavy (non-hydrogen) atoms. The Bertz CT molecular complexity index is 416. The smallest absolute Gasteiger partial charge is 0.0640 e. The summed E-state index contributed by atoms with van der Waals surface area (Å²) < 4.78 is 2.05. The summed E-state index contributed by atoms with van der Waals surface area (Å²) in [5.41, 5.74) is 1.36. The molecule has 4 heteroatoms. The Morgan fingerprint density at radius 3 is 2.45 bits per heavy atom. The maximum atomic E-state index is 4.70. The van der Waals surface area contributed by atoms with Gasteiger partial charge in [-0.05, 0) is 66.7 Å². The fourth-order valence-corrected chi connectivity index (χ4v) is 3.20. The molecule has 2 heterocycles. The van der Waals surface area contributed by atoms with E-state index in [0.717, 1.165) is 6.42 Å². The Hall–Kier alpha value is -0.870. The Morgan fingerprint density at radius 1 is 1.30 bits per heavy atom. The predicted octanol–water partition coefficient (Wildman–Crippen LogP) is 2.47. The lowest BCUT2D eigenvalue weighted by Gasteiger charge is -2.42. The van der Waals surface area contributed by atoms with Crippen molar-refractivity contribution >= 4 is 0 Å². The monoisotopic (exact) mass is 278 g/mol. The van der Waals surface area contributed by atoms with Gasteiger partial charge >= 0.3 is 0 Å². The van der Waals surface area contributed by atoms with Crippen LogP contribution >= 0.6 is 0 Å². The number of nitrogens with zero attached hydrogens (tertiary/aromatic N) is 3. The van der Waals surface area contributed by atoms with Gasteiger partial charge in [-0.3, -0.25) is 9.58 Å². The summed E-state index contributed by atoms with van der Waals surface area (Å²) in [6.07, 6.45) is 5.75. The fraction of sp³-hybridized carbons (Fsp3) is 0.812. The zero-order valence-corrected chi connectivity index (χ0v) is 13.7. The number of likely N-dealkylation sites (tertiary alicyclic amines) is 1. The molecule has 1 aromatic rings. The van der Waals surface area contributed by atoms with Crippen LogP contribution in [0.2, 0.25) is 0 Å². The van der Waals surface area contributed by atoms with Gasteiger partial charge in [0, 0.05) is 30.2 Å². The van der Waals surface area contributed by atoms with Crippen molar-refractivity contribution in [1.82, 2.24) is 20.0 Å². The number of hydrogen-bond donors (Lipinski definition) is 1. The highest BCUT2D eigenvalue weighted by molar-refractivity contribution is 5.07. The van der Waals surface area contributed by atoms with Gasteiger partial charge in [-0.25, -0.2) is 0 Å². The molecule has 1 unspecified atom stereocenters. The standard InChI is InChI=1S/C16H30N4/c1-13(2)20-11-8-14(18-20)12-15(17-5)16(3,4)19-9-6-7-10-19/h8,11,13,15,17H,6-7,9-10,12H2,1-5H3. The van der Waals surface area contributed by atoms with Crippen molar-refractivity contribution in [2.24, 2.45) is 0 Å². The van der Waals surface area contributed by atoms with Crippen molar-refractivity contribution in [3.8, 4) is 0 Å². The molecule has 1 saturated heterocycles. The SMILES string of the molecule is CNC(Cc1ccn(C(C)C)n1)C(C)(C)N1CCCC1. The van der Waals surface area contributed by atoms with Gasteiger partial charge in [0.1, 0.15) is 0 Å². The van der Waals surface area contributed by atoms with Crippen LogP contribution in [0.5, 0.6) is 0 Å². The fourth-order valence-electron chi connectivity index (χ4n) is 3.20. The summed E-state index contributed by atoms with van der Waals surface area (Å²) in [6, 6.07) is 3.02. The molecule has 0 bridgehead atoms. The third-order valence-corrected chi connectivity index (χ3v) is 4.73. The van der Waals surface area contributed by atoms with E-state index in [1.165, 1.54) is 31.6 Å². The minimum absolute atomic E-state index is 0.173. The second kappa shape index (κ2) is 6.27. The van der Waals surface area contributed by atoms with Crippen LogP contribution in [-0.4, -0.2) is 46.4 Å². The average molecular weight is 278 g/mol. The number of likely N-dealkylation sites (N-methyl/N-ethyl adjacent to an activating group) is 1. The van der Waals surface area contributed by atoms with Crippen LogP contribution in [0, 0.1) is 0 Å². The molecule has 2 rings (SSSR count). The highest BCUT2D eigenvalue weighted by Gasteiger charge is 2.36. The summed E-state index contributed by atoms with van der Waals surface area (Å²) in [5.74, 6) is 0. The lowest BCUT2D eigenvalue weighted by molar-refractivity contribution is 0.109. The van der Waals surface area contributed by atoms with Crippen LogP contribution in [0.3, 0.4) is 0 Å². The predicted molar refractivity (Wildman–Crippen MR) is 84.0 cm³/mol. The van der Waals surface area contributed by atoms with E-state index in [1.54, 1.807) is 0 Å². The van der Waals surface area contributed by atoms with Gasteiger partial charge in [-0.15, -0.1) is 0 Å². The van der Waals surface area contributed by atoms with E-state index >= 15 is 0 Å². The van der Waals surface area contributed by atoms with Gasteiger partial charge in [0.25, 0.3) is 0 Å². The van der Waals surface area contributed by atoms with Crippen LogP contribution in [0.25, 0.3) is 0 Å². The van der Waals surface area contributed by atoms with Gasteiger partial charge in [0.05, 0.1) is 5.69 Å². The number of hydrogen-bond acceptors (Lipinski definition) is 3. The Morgan fingerprint density at radius 2 is 1.95 bits per heavy atom. The van der Waals surface area contributed by atoms with Gasteiger partial charge in [0.2, 0.25) is 0 Å². The first-order valence-electron chi connectivity index (χ1n) is 7.91. The molecule has 0 saturated carbocycles. The second-order valence-electron chi connectivity index (χ2n) is 6.77. The van der Waals surface area contributed by atoms with Crippen molar-refractivity contribution in [3.05, 3.63) is 18.0 Å². The second-order valence-corrected chi connectivity index (χ2v) is 6.77. The minimum atomic E-state index is 0.173. The van der Waals surface area contributed by atoms with Crippen molar-refractivity contribution in [2.45, 2.75) is 64.6 Å². The molecule has 0 aliphatic carbocycles. The molecular formula is C16H30N4. The molecule has 0 spiro atoms. The number of nitrogens with one attached hydrogen (secondary N) is 1. The molecule has 1 aromatic heterocycles. The lowest BCUT2D eigenvalue weighted by Crippen LogP contribution is -2.57. The van der Waals surface area contributed by atoms with E-state index in [-0.39, 0.29) is 5.54 Å². The zero-order chi connectivity index (χ0) is 14.8. The molecule has 0 radical (unpaired) electrons. The van der Waals surface area contributed by atoms with Crippen LogP contribution in [0.15, 0.2) is 12.3 Å². The third kappa shape index (κ3) is 3.23. The van der Waals surface area contributed by atoms with Crippen molar-refractivity contribution in [2.75, 3.05) is 20.1 Å². The highest BCUT2D eigenvalue weighted by Crippen LogP contribution is 2.26. The third-order valence-electron chi connectivity index (χ3n) is 4.73. The van der Waals surface area contributed by atoms with Crippen LogP contribution in [0.4, 0.5) is 0 Å². The van der Waals surface area contributed by atoms with Crippen LogP contribution in [0.1, 0.15) is 52.3 Å². The van der Waals surface area contributed by atoms with Crippen LogP contribution in [-0.2, 0) is 6.42 Å². The Kier molecular flexibility index (Phi) is 4.86. The van der Waals surface area contributed by atoms with E-state index in [4.69, 9.17) is 5.10 Å². The first kappa shape index (κ1) is 15.5. The van der Waals surface area contributed by atoms with E-state index < -0.39 is 0 Å². The molecule has 1 aliphatic heterocycles. The number of aromatic nitrogens is 2. The summed E-state index contributed by atoms with van der Waals surface area (Å²) in [6.45, 7) is 11.5. The largest absolute Gasteiger partial charge is 0.315 e. The highest BCUT2D eigenvalue weighted by atomic mass is 15.3. The molecule has 0 amide bonds. The first-order chi connectivity index (χ1) is 9.45. The number of rotatable bonds is 6. The quantitative estimate of drug-likeness (QED) is 0.868. The average Bonchev–Trinajstić information content (AvgIpc) is 3.06. The molecule has 114 valence electrons.